The average Bonchev–Trinajstić information content (AvgIpc) is 2.51. The van der Waals surface area contributed by atoms with Crippen molar-refractivity contribution in [3.05, 3.63) is 36.0 Å². The van der Waals surface area contributed by atoms with Gasteiger partial charge in [-0.25, -0.2) is 9.37 Å². The molecule has 0 fully saturated rings. The normalized spacial score (nSPS) is 10.6. The van der Waals surface area contributed by atoms with Gasteiger partial charge >= 0.3 is 0 Å². The molecule has 0 atom stereocenters. The lowest BCUT2D eigenvalue weighted by Gasteiger charge is -1.98. The highest BCUT2D eigenvalue weighted by Gasteiger charge is 2.06. The molecule has 13 heavy (non-hydrogen) atoms. The Morgan fingerprint density at radius 1 is 1.62 bits per heavy atom. The molecule has 2 aromatic heterocycles. The SMILES string of the molecule is CC(=O)c1cc(F)c2nccn2c1. The maximum atomic E-state index is 13.2. The second-order valence-corrected chi connectivity index (χ2v) is 2.79. The summed E-state index contributed by atoms with van der Waals surface area (Å²) in [5.74, 6) is -0.632. The maximum Gasteiger partial charge on any atom is 0.173 e. The van der Waals surface area contributed by atoms with Crippen LogP contribution in [0.25, 0.3) is 5.65 Å². The van der Waals surface area contributed by atoms with E-state index in [9.17, 15) is 9.18 Å². The number of ketones is 1. The van der Waals surface area contributed by atoms with Crippen LogP contribution >= 0.6 is 0 Å². The van der Waals surface area contributed by atoms with Crippen LogP contribution in [0.15, 0.2) is 24.7 Å². The number of halogens is 1. The number of aromatic nitrogens is 2. The van der Waals surface area contributed by atoms with Crippen LogP contribution < -0.4 is 0 Å². The van der Waals surface area contributed by atoms with Crippen LogP contribution in [0.4, 0.5) is 4.39 Å². The minimum Gasteiger partial charge on any atom is -0.304 e. The van der Waals surface area contributed by atoms with Gasteiger partial charge in [-0.05, 0) is 13.0 Å². The molecular formula is C9H7FN2O. The van der Waals surface area contributed by atoms with Gasteiger partial charge in [0.15, 0.2) is 17.2 Å². The lowest BCUT2D eigenvalue weighted by Crippen LogP contribution is -1.97. The predicted molar refractivity (Wildman–Crippen MR) is 45.2 cm³/mol. The lowest BCUT2D eigenvalue weighted by molar-refractivity contribution is 0.101. The second kappa shape index (κ2) is 2.65. The fraction of sp³-hybridized carbons (Fsp3) is 0.111. The third kappa shape index (κ3) is 1.20. The number of hydrogen-bond acceptors (Lipinski definition) is 2. The van der Waals surface area contributed by atoms with E-state index in [1.54, 1.807) is 12.4 Å². The highest BCUT2D eigenvalue weighted by molar-refractivity contribution is 5.94. The van der Waals surface area contributed by atoms with E-state index >= 15 is 0 Å². The highest BCUT2D eigenvalue weighted by Crippen LogP contribution is 2.10. The monoisotopic (exact) mass is 178 g/mol. The minimum atomic E-state index is -0.474. The molecule has 0 aromatic carbocycles. The average molecular weight is 178 g/mol. The van der Waals surface area contributed by atoms with Crippen LogP contribution in [0.3, 0.4) is 0 Å². The number of carbonyl (C=O) groups excluding carboxylic acids is 1. The molecule has 0 aliphatic rings. The third-order valence-corrected chi connectivity index (χ3v) is 1.85. The number of Topliss-reactive ketones (excluding diaryl/α,β-unsaturated/α-hetero) is 1. The van der Waals surface area contributed by atoms with Crippen molar-refractivity contribution in [3.63, 3.8) is 0 Å². The number of fused-ring (bicyclic) bond motifs is 1. The van der Waals surface area contributed by atoms with Gasteiger partial charge < -0.3 is 4.40 Å². The topological polar surface area (TPSA) is 34.4 Å². The summed E-state index contributed by atoms with van der Waals surface area (Å²) in [4.78, 5) is 14.8. The molecule has 4 heteroatoms. The molecule has 3 nitrogen and oxygen atoms in total. The van der Waals surface area contributed by atoms with Gasteiger partial charge in [-0.3, -0.25) is 4.79 Å². The molecule has 0 amide bonds. The molecule has 0 spiro atoms. The van der Waals surface area contributed by atoms with E-state index < -0.39 is 5.82 Å². The maximum absolute atomic E-state index is 13.2. The van der Waals surface area contributed by atoms with Gasteiger partial charge in [-0.15, -0.1) is 0 Å². The van der Waals surface area contributed by atoms with Gasteiger partial charge in [-0.1, -0.05) is 0 Å². The molecule has 0 radical (unpaired) electrons. The molecular weight excluding hydrogens is 171 g/mol. The van der Waals surface area contributed by atoms with Crippen LogP contribution in [0.2, 0.25) is 0 Å². The van der Waals surface area contributed by atoms with E-state index in [0.717, 1.165) is 0 Å². The molecule has 2 aromatic rings. The van der Waals surface area contributed by atoms with Crippen molar-refractivity contribution < 1.29 is 9.18 Å². The van der Waals surface area contributed by atoms with E-state index in [0.29, 0.717) is 5.56 Å². The lowest BCUT2D eigenvalue weighted by atomic mass is 10.2. The molecule has 0 bridgehead atoms. The molecule has 0 saturated heterocycles. The molecule has 0 aliphatic carbocycles. The van der Waals surface area contributed by atoms with Crippen molar-refractivity contribution in [2.45, 2.75) is 6.92 Å². The first-order valence-corrected chi connectivity index (χ1v) is 3.81. The molecule has 0 saturated carbocycles. The highest BCUT2D eigenvalue weighted by atomic mass is 19.1. The van der Waals surface area contributed by atoms with Crippen molar-refractivity contribution in [2.24, 2.45) is 0 Å². The van der Waals surface area contributed by atoms with Crippen molar-refractivity contribution in [1.82, 2.24) is 9.38 Å². The Kier molecular flexibility index (Phi) is 1.62. The van der Waals surface area contributed by atoms with Crippen molar-refractivity contribution in [3.8, 4) is 0 Å². The Morgan fingerprint density at radius 2 is 2.38 bits per heavy atom. The Balaban J connectivity index is 2.77. The summed E-state index contributed by atoms with van der Waals surface area (Å²) in [6.45, 7) is 1.40. The molecule has 2 heterocycles. The Bertz CT molecular complexity index is 475. The molecule has 0 aliphatic heterocycles. The summed E-state index contributed by atoms with van der Waals surface area (Å²) in [5.41, 5.74) is 0.591. The minimum absolute atomic E-state index is 0.158. The largest absolute Gasteiger partial charge is 0.304 e. The van der Waals surface area contributed by atoms with E-state index in [2.05, 4.69) is 4.98 Å². The summed E-state index contributed by atoms with van der Waals surface area (Å²) in [6, 6.07) is 1.20. The quantitative estimate of drug-likeness (QED) is 0.622. The zero-order valence-corrected chi connectivity index (χ0v) is 6.99. The third-order valence-electron chi connectivity index (χ3n) is 1.85. The van der Waals surface area contributed by atoms with E-state index in [1.807, 2.05) is 0 Å². The number of rotatable bonds is 1. The first-order valence-electron chi connectivity index (χ1n) is 3.81. The Morgan fingerprint density at radius 3 is 3.08 bits per heavy atom. The van der Waals surface area contributed by atoms with Crippen molar-refractivity contribution in [2.75, 3.05) is 0 Å². The van der Waals surface area contributed by atoms with Crippen LogP contribution in [0.5, 0.6) is 0 Å². The molecule has 66 valence electrons. The van der Waals surface area contributed by atoms with Gasteiger partial charge in [0.05, 0.1) is 0 Å². The summed E-state index contributed by atoms with van der Waals surface area (Å²) >= 11 is 0. The van der Waals surface area contributed by atoms with Crippen molar-refractivity contribution >= 4 is 11.4 Å². The fourth-order valence-electron chi connectivity index (χ4n) is 1.18. The van der Waals surface area contributed by atoms with Crippen LogP contribution in [0.1, 0.15) is 17.3 Å². The second-order valence-electron chi connectivity index (χ2n) is 2.79. The first kappa shape index (κ1) is 7.91. The van der Waals surface area contributed by atoms with Crippen LogP contribution in [0, 0.1) is 5.82 Å². The smallest absolute Gasteiger partial charge is 0.173 e. The van der Waals surface area contributed by atoms with Crippen LogP contribution in [-0.4, -0.2) is 15.2 Å². The number of nitrogens with zero attached hydrogens (tertiary/aromatic N) is 2. The van der Waals surface area contributed by atoms with Gasteiger partial charge in [0, 0.05) is 24.2 Å². The Labute approximate surface area is 73.8 Å². The zero-order chi connectivity index (χ0) is 9.42. The summed E-state index contributed by atoms with van der Waals surface area (Å²) < 4.78 is 14.7. The summed E-state index contributed by atoms with van der Waals surface area (Å²) in [5, 5.41) is 0. The van der Waals surface area contributed by atoms with Crippen molar-refractivity contribution in [1.29, 1.82) is 0 Å². The molecule has 0 N–H and O–H groups in total. The van der Waals surface area contributed by atoms with E-state index in [-0.39, 0.29) is 11.4 Å². The zero-order valence-electron chi connectivity index (χ0n) is 6.99. The number of pyridine rings is 1. The van der Waals surface area contributed by atoms with E-state index in [4.69, 9.17) is 0 Å². The summed E-state index contributed by atoms with van der Waals surface area (Å²) in [7, 11) is 0. The van der Waals surface area contributed by atoms with Crippen LogP contribution in [-0.2, 0) is 0 Å². The molecule has 2 rings (SSSR count). The van der Waals surface area contributed by atoms with Gasteiger partial charge in [-0.2, -0.15) is 0 Å². The van der Waals surface area contributed by atoms with Gasteiger partial charge in [0.2, 0.25) is 0 Å². The van der Waals surface area contributed by atoms with E-state index in [1.165, 1.54) is 23.6 Å². The number of carbonyl (C=O) groups is 1. The standard InChI is InChI=1S/C9H7FN2O/c1-6(13)7-4-8(10)9-11-2-3-12(9)5-7/h2-5H,1H3. The predicted octanol–water partition coefficient (Wildman–Crippen LogP) is 1.68. The number of hydrogen-bond donors (Lipinski definition) is 0. The Hall–Kier alpha value is -1.71. The summed E-state index contributed by atoms with van der Waals surface area (Å²) in [6.07, 6.45) is 4.65. The first-order chi connectivity index (χ1) is 6.18. The number of imidazole rings is 1. The molecule has 0 unspecified atom stereocenters. The van der Waals surface area contributed by atoms with Gasteiger partial charge in [0.25, 0.3) is 0 Å². The fourth-order valence-corrected chi connectivity index (χ4v) is 1.18. The van der Waals surface area contributed by atoms with Gasteiger partial charge in [0.1, 0.15) is 0 Å².